The molecule has 2 heteroatoms. The third-order valence-corrected chi connectivity index (χ3v) is 8.74. The Bertz CT molecular complexity index is 179. The van der Waals surface area contributed by atoms with Crippen molar-refractivity contribution in [3.8, 4) is 0 Å². The summed E-state index contributed by atoms with van der Waals surface area (Å²) in [6.07, 6.45) is 1.76. The first-order chi connectivity index (χ1) is 4.72. The number of hydrogen-bond acceptors (Lipinski definition) is 1. The van der Waals surface area contributed by atoms with E-state index < -0.39 is 21.8 Å². The normalized spacial score (nSPS) is 14.0. The van der Waals surface area contributed by atoms with Crippen LogP contribution in [-0.4, -0.2) is 21.8 Å². The summed E-state index contributed by atoms with van der Waals surface area (Å²) in [5.74, 6) is 1.18. The molecular weight excluding hydrogens is 321 g/mol. The second kappa shape index (κ2) is 3.52. The summed E-state index contributed by atoms with van der Waals surface area (Å²) in [6.45, 7) is 2.27. The predicted octanol–water partition coefficient (Wildman–Crippen LogP) is 2.68. The Balaban J connectivity index is 2.68. The van der Waals surface area contributed by atoms with Gasteiger partial charge >= 0.3 is 70.1 Å². The van der Waals surface area contributed by atoms with Gasteiger partial charge in [0.05, 0.1) is 0 Å². The van der Waals surface area contributed by atoms with E-state index >= 15 is 0 Å². The Hall–Kier alpha value is 0.163. The second-order valence-corrected chi connectivity index (χ2v) is 13.2. The van der Waals surface area contributed by atoms with Crippen molar-refractivity contribution in [1.29, 1.82) is 0 Å². The molecule has 0 aliphatic heterocycles. The van der Waals surface area contributed by atoms with E-state index in [0.29, 0.717) is 0 Å². The molecule has 0 bridgehead atoms. The van der Waals surface area contributed by atoms with Crippen LogP contribution in [0.2, 0.25) is 9.26 Å². The summed E-state index contributed by atoms with van der Waals surface area (Å²) in [5, 5.41) is 0. The van der Waals surface area contributed by atoms with E-state index in [0.717, 1.165) is 3.63 Å². The molecule has 0 spiro atoms. The molecule has 1 aromatic rings. The van der Waals surface area contributed by atoms with Crippen LogP contribution in [0.4, 0.5) is 0 Å². The van der Waals surface area contributed by atoms with E-state index in [4.69, 9.17) is 4.42 Å². The van der Waals surface area contributed by atoms with Crippen LogP contribution in [0.5, 0.6) is 0 Å². The topological polar surface area (TPSA) is 13.1 Å². The van der Waals surface area contributed by atoms with Crippen molar-refractivity contribution in [3.63, 3.8) is 0 Å². The quantitative estimate of drug-likeness (QED) is 0.758. The molecule has 1 aromatic heterocycles. The SMILES string of the molecule is C[CH](c1ccco1)[Bi]([CH3])[CH3]. The van der Waals surface area contributed by atoms with E-state index in [1.165, 1.54) is 5.76 Å². The zero-order valence-corrected chi connectivity index (χ0v) is 10.1. The van der Waals surface area contributed by atoms with Gasteiger partial charge in [0.2, 0.25) is 0 Å². The molecule has 1 nitrogen and oxygen atoms in total. The maximum absolute atomic E-state index is 5.31. The molecular formula is C8H13BiO. The van der Waals surface area contributed by atoms with E-state index in [1.807, 2.05) is 6.07 Å². The average molecular weight is 334 g/mol. The van der Waals surface area contributed by atoms with Gasteiger partial charge in [0.1, 0.15) is 0 Å². The van der Waals surface area contributed by atoms with E-state index in [9.17, 15) is 0 Å². The zero-order valence-electron chi connectivity index (χ0n) is 6.66. The molecule has 0 aliphatic carbocycles. The summed E-state index contributed by atoms with van der Waals surface area (Å²) in [7, 11) is 0. The van der Waals surface area contributed by atoms with Gasteiger partial charge < -0.3 is 0 Å². The summed E-state index contributed by atoms with van der Waals surface area (Å²) in [4.78, 5) is 0. The Morgan fingerprint density at radius 1 is 1.50 bits per heavy atom. The van der Waals surface area contributed by atoms with Crippen molar-refractivity contribution in [3.05, 3.63) is 24.2 Å². The van der Waals surface area contributed by atoms with Gasteiger partial charge in [-0.1, -0.05) is 0 Å². The molecule has 1 rings (SSSR count). The van der Waals surface area contributed by atoms with Crippen molar-refractivity contribution < 1.29 is 4.42 Å². The summed E-state index contributed by atoms with van der Waals surface area (Å²) in [5.41, 5.74) is 0. The van der Waals surface area contributed by atoms with Crippen molar-refractivity contribution in [2.24, 2.45) is 0 Å². The predicted molar refractivity (Wildman–Crippen MR) is 44.6 cm³/mol. The molecule has 0 N–H and O–H groups in total. The van der Waals surface area contributed by atoms with Gasteiger partial charge in [0.25, 0.3) is 0 Å². The number of hydrogen-bond donors (Lipinski definition) is 0. The first-order valence-electron chi connectivity index (χ1n) is 3.41. The molecule has 0 aliphatic rings. The maximum atomic E-state index is 5.31. The molecule has 0 aromatic carbocycles. The summed E-state index contributed by atoms with van der Waals surface area (Å²) in [6, 6.07) is 4.05. The molecule has 0 amide bonds. The van der Waals surface area contributed by atoms with Crippen molar-refractivity contribution >= 4 is 21.8 Å². The van der Waals surface area contributed by atoms with E-state index in [-0.39, 0.29) is 0 Å². The van der Waals surface area contributed by atoms with Crippen LogP contribution in [0.1, 0.15) is 16.3 Å². The first-order valence-corrected chi connectivity index (χ1v) is 12.4. The van der Waals surface area contributed by atoms with Gasteiger partial charge in [-0.3, -0.25) is 0 Å². The fourth-order valence-electron chi connectivity index (χ4n) is 0.783. The van der Waals surface area contributed by atoms with E-state index in [2.05, 4.69) is 22.3 Å². The van der Waals surface area contributed by atoms with Gasteiger partial charge in [-0.25, -0.2) is 0 Å². The molecule has 0 fully saturated rings. The van der Waals surface area contributed by atoms with Crippen molar-refractivity contribution in [2.75, 3.05) is 0 Å². The van der Waals surface area contributed by atoms with Crippen LogP contribution in [0.3, 0.4) is 0 Å². The van der Waals surface area contributed by atoms with Crippen LogP contribution in [0.15, 0.2) is 22.8 Å². The standard InChI is InChI=1S/C6H7O.2CH3.Bi/c1-2-6-4-3-5-7-6;;;/h2-5H,1H3;2*1H3;. The average Bonchev–Trinajstić information content (AvgIpc) is 2.36. The Morgan fingerprint density at radius 3 is 2.60 bits per heavy atom. The molecule has 0 radical (unpaired) electrons. The second-order valence-electron chi connectivity index (χ2n) is 2.66. The van der Waals surface area contributed by atoms with Gasteiger partial charge in [0.15, 0.2) is 0 Å². The van der Waals surface area contributed by atoms with Crippen LogP contribution < -0.4 is 0 Å². The van der Waals surface area contributed by atoms with E-state index in [1.54, 1.807) is 6.26 Å². The zero-order chi connectivity index (χ0) is 7.56. The number of furan rings is 1. The first kappa shape index (κ1) is 8.26. The van der Waals surface area contributed by atoms with Crippen molar-refractivity contribution in [2.45, 2.75) is 19.8 Å². The summed E-state index contributed by atoms with van der Waals surface area (Å²) < 4.78 is 10.9. The van der Waals surface area contributed by atoms with Gasteiger partial charge in [-0.15, -0.1) is 0 Å². The third-order valence-electron chi connectivity index (χ3n) is 1.73. The Labute approximate surface area is 70.1 Å². The minimum atomic E-state index is -1.12. The number of rotatable bonds is 2. The fraction of sp³-hybridized carbons (Fsp3) is 0.500. The molecule has 0 saturated heterocycles. The molecule has 0 saturated carbocycles. The fourth-order valence-corrected chi connectivity index (χ4v) is 3.33. The molecule has 1 atom stereocenters. The van der Waals surface area contributed by atoms with Crippen LogP contribution in [0.25, 0.3) is 0 Å². The van der Waals surface area contributed by atoms with Crippen LogP contribution in [-0.2, 0) is 0 Å². The molecule has 1 heterocycles. The minimum absolute atomic E-state index is 0.741. The Morgan fingerprint density at radius 2 is 2.20 bits per heavy atom. The Kier molecular flexibility index (Phi) is 2.91. The summed E-state index contributed by atoms with van der Waals surface area (Å²) >= 11 is -1.12. The molecule has 56 valence electrons. The van der Waals surface area contributed by atoms with Crippen molar-refractivity contribution in [1.82, 2.24) is 0 Å². The van der Waals surface area contributed by atoms with Gasteiger partial charge in [-0.05, 0) is 0 Å². The van der Waals surface area contributed by atoms with Gasteiger partial charge in [-0.2, -0.15) is 0 Å². The monoisotopic (exact) mass is 334 g/mol. The van der Waals surface area contributed by atoms with Crippen LogP contribution >= 0.6 is 0 Å². The van der Waals surface area contributed by atoms with Gasteiger partial charge in [0, 0.05) is 0 Å². The van der Waals surface area contributed by atoms with Crippen LogP contribution in [0, 0.1) is 0 Å². The molecule has 1 unspecified atom stereocenters. The molecule has 10 heavy (non-hydrogen) atoms. The third kappa shape index (κ3) is 1.82.